The van der Waals surface area contributed by atoms with Gasteiger partial charge >= 0.3 is 6.09 Å². The van der Waals surface area contributed by atoms with Gasteiger partial charge in [0.25, 0.3) is 0 Å². The number of benzene rings is 2. The van der Waals surface area contributed by atoms with E-state index in [1.54, 1.807) is 4.90 Å². The molecule has 0 bridgehead atoms. The van der Waals surface area contributed by atoms with Gasteiger partial charge in [-0.15, -0.1) is 0 Å². The van der Waals surface area contributed by atoms with Gasteiger partial charge < -0.3 is 10.5 Å². The molecule has 120 valence electrons. The standard InChI is InChI=1S/C19H22N2O2/c1-2-14-8-9-18-16(12-14)17(20)10-11-21(18)19(22)23-13-15-6-4-3-5-7-15/h3-9,12,17H,2,10-11,13,20H2,1H3. The zero-order valence-electron chi connectivity index (χ0n) is 13.4. The number of anilines is 1. The van der Waals surface area contributed by atoms with Crippen molar-refractivity contribution in [2.24, 2.45) is 5.73 Å². The Balaban J connectivity index is 1.76. The number of fused-ring (bicyclic) bond motifs is 1. The number of rotatable bonds is 3. The maximum absolute atomic E-state index is 12.5. The second-order valence-electron chi connectivity index (χ2n) is 5.83. The number of hydrogen-bond acceptors (Lipinski definition) is 3. The summed E-state index contributed by atoms with van der Waals surface area (Å²) >= 11 is 0. The molecule has 1 unspecified atom stereocenters. The van der Waals surface area contributed by atoms with E-state index in [2.05, 4.69) is 13.0 Å². The van der Waals surface area contributed by atoms with E-state index in [1.165, 1.54) is 5.56 Å². The Kier molecular flexibility index (Phi) is 4.63. The molecule has 4 nitrogen and oxygen atoms in total. The van der Waals surface area contributed by atoms with Gasteiger partial charge in [0.05, 0.1) is 5.69 Å². The molecule has 2 N–H and O–H groups in total. The van der Waals surface area contributed by atoms with E-state index in [-0.39, 0.29) is 18.7 Å². The van der Waals surface area contributed by atoms with Crippen molar-refractivity contribution in [2.75, 3.05) is 11.4 Å². The van der Waals surface area contributed by atoms with Crippen LogP contribution >= 0.6 is 0 Å². The van der Waals surface area contributed by atoms with Crippen molar-refractivity contribution in [3.05, 3.63) is 65.2 Å². The summed E-state index contributed by atoms with van der Waals surface area (Å²) in [5.41, 5.74) is 10.3. The third kappa shape index (κ3) is 3.37. The Hall–Kier alpha value is -2.33. The molecule has 2 aromatic rings. The Morgan fingerprint density at radius 3 is 2.74 bits per heavy atom. The zero-order valence-corrected chi connectivity index (χ0v) is 13.4. The molecule has 0 aliphatic carbocycles. The van der Waals surface area contributed by atoms with Gasteiger partial charge in [-0.05, 0) is 35.6 Å². The minimum absolute atomic E-state index is 0.0188. The van der Waals surface area contributed by atoms with Gasteiger partial charge in [-0.25, -0.2) is 4.79 Å². The van der Waals surface area contributed by atoms with Gasteiger partial charge in [-0.1, -0.05) is 49.4 Å². The van der Waals surface area contributed by atoms with Crippen molar-refractivity contribution in [3.8, 4) is 0 Å². The number of carbonyl (C=O) groups excluding carboxylic acids is 1. The molecule has 0 saturated carbocycles. The molecular weight excluding hydrogens is 288 g/mol. The molecule has 0 saturated heterocycles. The number of ether oxygens (including phenoxy) is 1. The monoisotopic (exact) mass is 310 g/mol. The molecule has 1 heterocycles. The highest BCUT2D eigenvalue weighted by molar-refractivity contribution is 5.89. The maximum Gasteiger partial charge on any atom is 0.414 e. The number of nitrogens with zero attached hydrogens (tertiary/aromatic N) is 1. The summed E-state index contributed by atoms with van der Waals surface area (Å²) < 4.78 is 5.46. The summed E-state index contributed by atoms with van der Waals surface area (Å²) in [5.74, 6) is 0. The van der Waals surface area contributed by atoms with Crippen LogP contribution < -0.4 is 10.6 Å². The van der Waals surface area contributed by atoms with Crippen LogP contribution in [-0.2, 0) is 17.8 Å². The first-order valence-electron chi connectivity index (χ1n) is 8.05. The van der Waals surface area contributed by atoms with Crippen LogP contribution in [0.5, 0.6) is 0 Å². The summed E-state index contributed by atoms with van der Waals surface area (Å²) in [5, 5.41) is 0. The van der Waals surface area contributed by atoms with Crippen molar-refractivity contribution < 1.29 is 9.53 Å². The third-order valence-electron chi connectivity index (χ3n) is 4.28. The molecule has 2 aromatic carbocycles. The first-order valence-corrected chi connectivity index (χ1v) is 8.05. The van der Waals surface area contributed by atoms with Crippen LogP contribution in [0.25, 0.3) is 0 Å². The summed E-state index contributed by atoms with van der Waals surface area (Å²) in [4.78, 5) is 14.2. The SMILES string of the molecule is CCc1ccc2c(c1)C(N)CCN2C(=O)OCc1ccccc1. The summed E-state index contributed by atoms with van der Waals surface area (Å²) in [6.07, 6.45) is 1.39. The lowest BCUT2D eigenvalue weighted by atomic mass is 9.95. The molecular formula is C19H22N2O2. The molecule has 0 aromatic heterocycles. The predicted molar refractivity (Wildman–Crippen MR) is 91.3 cm³/mol. The fourth-order valence-electron chi connectivity index (χ4n) is 2.90. The number of aryl methyl sites for hydroxylation is 1. The highest BCUT2D eigenvalue weighted by Crippen LogP contribution is 2.33. The lowest BCUT2D eigenvalue weighted by Gasteiger charge is -2.32. The lowest BCUT2D eigenvalue weighted by Crippen LogP contribution is -2.38. The van der Waals surface area contributed by atoms with E-state index in [9.17, 15) is 4.79 Å². The zero-order chi connectivity index (χ0) is 16.2. The molecule has 1 aliphatic rings. The van der Waals surface area contributed by atoms with Crippen molar-refractivity contribution in [2.45, 2.75) is 32.4 Å². The summed E-state index contributed by atoms with van der Waals surface area (Å²) in [6, 6.07) is 15.8. The molecule has 23 heavy (non-hydrogen) atoms. The van der Waals surface area contributed by atoms with Crippen LogP contribution in [0.15, 0.2) is 48.5 Å². The van der Waals surface area contributed by atoms with E-state index in [4.69, 9.17) is 10.5 Å². The third-order valence-corrected chi connectivity index (χ3v) is 4.28. The van der Waals surface area contributed by atoms with Crippen LogP contribution in [0.2, 0.25) is 0 Å². The van der Waals surface area contributed by atoms with E-state index >= 15 is 0 Å². The Bertz CT molecular complexity index is 685. The first kappa shape index (κ1) is 15.6. The molecule has 4 heteroatoms. The number of hydrogen-bond donors (Lipinski definition) is 1. The van der Waals surface area contributed by atoms with Crippen molar-refractivity contribution in [1.82, 2.24) is 0 Å². The Morgan fingerprint density at radius 2 is 2.00 bits per heavy atom. The number of nitrogens with two attached hydrogens (primary N) is 1. The molecule has 1 aliphatic heterocycles. The second kappa shape index (κ2) is 6.84. The summed E-state index contributed by atoms with van der Waals surface area (Å²) in [7, 11) is 0. The largest absolute Gasteiger partial charge is 0.444 e. The predicted octanol–water partition coefficient (Wildman–Crippen LogP) is 3.80. The Labute approximate surface area is 136 Å². The van der Waals surface area contributed by atoms with Crippen LogP contribution in [0.3, 0.4) is 0 Å². The van der Waals surface area contributed by atoms with Crippen molar-refractivity contribution >= 4 is 11.8 Å². The highest BCUT2D eigenvalue weighted by Gasteiger charge is 2.27. The minimum atomic E-state index is -0.314. The van der Waals surface area contributed by atoms with Gasteiger partial charge in [0.15, 0.2) is 0 Å². The molecule has 3 rings (SSSR count). The topological polar surface area (TPSA) is 55.6 Å². The van der Waals surface area contributed by atoms with E-state index in [1.807, 2.05) is 42.5 Å². The Morgan fingerprint density at radius 1 is 1.22 bits per heavy atom. The highest BCUT2D eigenvalue weighted by atomic mass is 16.6. The average molecular weight is 310 g/mol. The number of carbonyl (C=O) groups is 1. The van der Waals surface area contributed by atoms with Crippen LogP contribution in [0, 0.1) is 0 Å². The van der Waals surface area contributed by atoms with E-state index in [0.29, 0.717) is 6.54 Å². The second-order valence-corrected chi connectivity index (χ2v) is 5.83. The van der Waals surface area contributed by atoms with Gasteiger partial charge in [-0.3, -0.25) is 4.90 Å². The molecule has 0 spiro atoms. The van der Waals surface area contributed by atoms with Crippen LogP contribution in [-0.4, -0.2) is 12.6 Å². The van der Waals surface area contributed by atoms with Gasteiger partial charge in [0.1, 0.15) is 6.61 Å². The van der Waals surface area contributed by atoms with Crippen molar-refractivity contribution in [1.29, 1.82) is 0 Å². The summed E-state index contributed by atoms with van der Waals surface area (Å²) in [6.45, 7) is 2.99. The van der Waals surface area contributed by atoms with E-state index < -0.39 is 0 Å². The van der Waals surface area contributed by atoms with E-state index in [0.717, 1.165) is 29.7 Å². The minimum Gasteiger partial charge on any atom is -0.444 e. The van der Waals surface area contributed by atoms with Crippen molar-refractivity contribution in [3.63, 3.8) is 0 Å². The van der Waals surface area contributed by atoms with Gasteiger partial charge in [0, 0.05) is 12.6 Å². The fraction of sp³-hybridized carbons (Fsp3) is 0.316. The average Bonchev–Trinajstić information content (AvgIpc) is 2.60. The first-order chi connectivity index (χ1) is 11.2. The van der Waals surface area contributed by atoms with Gasteiger partial charge in [0.2, 0.25) is 0 Å². The molecule has 0 fully saturated rings. The molecule has 0 radical (unpaired) electrons. The molecule has 1 amide bonds. The fourth-order valence-corrected chi connectivity index (χ4v) is 2.90. The number of amides is 1. The molecule has 1 atom stereocenters. The van der Waals surface area contributed by atoms with Gasteiger partial charge in [-0.2, -0.15) is 0 Å². The lowest BCUT2D eigenvalue weighted by molar-refractivity contribution is 0.146. The smallest absolute Gasteiger partial charge is 0.414 e. The maximum atomic E-state index is 12.5. The van der Waals surface area contributed by atoms with Crippen LogP contribution in [0.4, 0.5) is 10.5 Å². The van der Waals surface area contributed by atoms with Crippen LogP contribution in [0.1, 0.15) is 36.1 Å². The quantitative estimate of drug-likeness (QED) is 0.938. The normalized spacial score (nSPS) is 16.8.